The van der Waals surface area contributed by atoms with Gasteiger partial charge in [-0.05, 0) is 42.8 Å². The lowest BCUT2D eigenvalue weighted by Crippen LogP contribution is -2.49. The van der Waals surface area contributed by atoms with Crippen LogP contribution in [0.4, 0.5) is 11.4 Å². The Morgan fingerprint density at radius 2 is 1.82 bits per heavy atom. The number of hydrogen-bond donors (Lipinski definition) is 1. The largest absolute Gasteiger partial charge is 0.482 e. The highest BCUT2D eigenvalue weighted by Gasteiger charge is 2.33. The number of anilines is 2. The van der Waals surface area contributed by atoms with E-state index in [9.17, 15) is 9.59 Å². The maximum atomic E-state index is 12.9. The molecule has 0 saturated carbocycles. The zero-order chi connectivity index (χ0) is 23.5. The second kappa shape index (κ2) is 9.49. The Morgan fingerprint density at radius 3 is 2.59 bits per heavy atom. The van der Waals surface area contributed by atoms with Gasteiger partial charge >= 0.3 is 0 Å². The van der Waals surface area contributed by atoms with Crippen LogP contribution in [0.3, 0.4) is 0 Å². The Morgan fingerprint density at radius 1 is 1.09 bits per heavy atom. The molecule has 4 aromatic rings. The zero-order valence-corrected chi connectivity index (χ0v) is 19.4. The fourth-order valence-electron chi connectivity index (χ4n) is 3.94. The van der Waals surface area contributed by atoms with E-state index < -0.39 is 6.04 Å². The third kappa shape index (κ3) is 4.56. The summed E-state index contributed by atoms with van der Waals surface area (Å²) in [5, 5.41) is 5.91. The maximum absolute atomic E-state index is 12.9. The number of thiazole rings is 1. The summed E-state index contributed by atoms with van der Waals surface area (Å²) < 4.78 is 5.65. The van der Waals surface area contributed by atoms with E-state index >= 15 is 0 Å². The van der Waals surface area contributed by atoms with Crippen molar-refractivity contribution >= 4 is 34.5 Å². The van der Waals surface area contributed by atoms with Gasteiger partial charge in [-0.1, -0.05) is 48.5 Å². The quantitative estimate of drug-likeness (QED) is 0.424. The van der Waals surface area contributed by atoms with Gasteiger partial charge in [0.05, 0.1) is 16.4 Å². The first-order valence-electron chi connectivity index (χ1n) is 11.0. The number of ether oxygens (including phenoxy) is 1. The van der Waals surface area contributed by atoms with Crippen molar-refractivity contribution in [2.45, 2.75) is 19.4 Å². The van der Waals surface area contributed by atoms with Gasteiger partial charge in [0.25, 0.3) is 5.91 Å². The molecule has 0 aliphatic carbocycles. The van der Waals surface area contributed by atoms with E-state index in [1.165, 1.54) is 10.5 Å². The van der Waals surface area contributed by atoms with Gasteiger partial charge in [0.15, 0.2) is 6.61 Å². The molecule has 1 unspecified atom stereocenters. The number of nitrogens with one attached hydrogen (secondary N) is 1. The fraction of sp³-hybridized carbons (Fsp3) is 0.148. The maximum Gasteiger partial charge on any atom is 0.265 e. The minimum absolute atomic E-state index is 0.104. The molecule has 1 aromatic heterocycles. The molecule has 7 heteroatoms. The predicted octanol–water partition coefficient (Wildman–Crippen LogP) is 5.15. The van der Waals surface area contributed by atoms with Crippen molar-refractivity contribution in [1.29, 1.82) is 0 Å². The van der Waals surface area contributed by atoms with E-state index in [0.717, 1.165) is 22.7 Å². The molecular weight excluding hydrogens is 446 g/mol. The Bertz CT molecular complexity index is 1320. The van der Waals surface area contributed by atoms with Crippen LogP contribution in [0.25, 0.3) is 11.3 Å². The van der Waals surface area contributed by atoms with Crippen molar-refractivity contribution in [2.75, 3.05) is 16.8 Å². The number of para-hydroxylation sites is 1. The number of amides is 2. The second-order valence-corrected chi connectivity index (χ2v) is 9.00. The lowest BCUT2D eigenvalue weighted by molar-refractivity contribution is -0.125. The molecule has 0 spiro atoms. The molecule has 1 aliphatic heterocycles. The summed E-state index contributed by atoms with van der Waals surface area (Å²) in [6.45, 7) is 1.62. The van der Waals surface area contributed by atoms with Crippen molar-refractivity contribution in [1.82, 2.24) is 4.98 Å². The van der Waals surface area contributed by atoms with Crippen LogP contribution in [0.1, 0.15) is 17.5 Å². The van der Waals surface area contributed by atoms with Crippen LogP contribution >= 0.6 is 11.3 Å². The van der Waals surface area contributed by atoms with Crippen molar-refractivity contribution < 1.29 is 14.3 Å². The molecule has 1 N–H and O–H groups in total. The monoisotopic (exact) mass is 469 g/mol. The first-order valence-corrected chi connectivity index (χ1v) is 11.9. The first-order chi connectivity index (χ1) is 16.6. The number of carbonyl (C=O) groups is 2. The van der Waals surface area contributed by atoms with Crippen molar-refractivity contribution in [2.24, 2.45) is 0 Å². The Balaban J connectivity index is 1.40. The molecular formula is C27H23N3O3S. The van der Waals surface area contributed by atoms with Crippen LogP contribution in [0.15, 0.2) is 84.2 Å². The summed E-state index contributed by atoms with van der Waals surface area (Å²) in [7, 11) is 0. The van der Waals surface area contributed by atoms with E-state index in [1.54, 1.807) is 18.3 Å². The molecule has 0 fully saturated rings. The van der Waals surface area contributed by atoms with E-state index in [1.807, 2.05) is 72.1 Å². The van der Waals surface area contributed by atoms with Gasteiger partial charge in [-0.3, -0.25) is 14.5 Å². The third-order valence-corrected chi connectivity index (χ3v) is 6.54. The molecule has 1 aliphatic rings. The summed E-state index contributed by atoms with van der Waals surface area (Å²) >= 11 is 1.60. The Kier molecular flexibility index (Phi) is 6.10. The van der Waals surface area contributed by atoms with Gasteiger partial charge in [0.1, 0.15) is 11.8 Å². The van der Waals surface area contributed by atoms with Crippen LogP contribution in [0.5, 0.6) is 5.75 Å². The molecule has 170 valence electrons. The fourth-order valence-corrected chi connectivity index (χ4v) is 4.77. The number of hydrogen-bond acceptors (Lipinski definition) is 5. The van der Waals surface area contributed by atoms with E-state index in [4.69, 9.17) is 9.72 Å². The van der Waals surface area contributed by atoms with Gasteiger partial charge in [-0.2, -0.15) is 0 Å². The zero-order valence-electron chi connectivity index (χ0n) is 18.6. The summed E-state index contributed by atoms with van der Waals surface area (Å²) in [6.07, 6.45) is 0.765. The average Bonchev–Trinajstić information content (AvgIpc) is 3.33. The molecule has 0 radical (unpaired) electrons. The first kappa shape index (κ1) is 21.9. The number of carbonyl (C=O) groups excluding carboxylic acids is 2. The smallest absolute Gasteiger partial charge is 0.265 e. The van der Waals surface area contributed by atoms with E-state index in [-0.39, 0.29) is 18.4 Å². The highest BCUT2D eigenvalue weighted by molar-refractivity contribution is 7.10. The molecule has 1 atom stereocenters. The lowest BCUT2D eigenvalue weighted by atomic mass is 10.1. The second-order valence-electron chi connectivity index (χ2n) is 8.06. The van der Waals surface area contributed by atoms with Gasteiger partial charge in [0.2, 0.25) is 5.91 Å². The number of fused-ring (bicyclic) bond motifs is 1. The molecule has 0 saturated heterocycles. The Labute approximate surface area is 201 Å². The van der Waals surface area contributed by atoms with Crippen LogP contribution in [-0.4, -0.2) is 29.4 Å². The molecule has 2 amide bonds. The van der Waals surface area contributed by atoms with Crippen molar-refractivity contribution in [3.8, 4) is 17.0 Å². The highest BCUT2D eigenvalue weighted by atomic mass is 32.1. The van der Waals surface area contributed by atoms with Crippen LogP contribution < -0.4 is 15.0 Å². The average molecular weight is 470 g/mol. The van der Waals surface area contributed by atoms with Gasteiger partial charge in [0, 0.05) is 23.1 Å². The summed E-state index contributed by atoms with van der Waals surface area (Å²) in [4.78, 5) is 32.1. The van der Waals surface area contributed by atoms with Gasteiger partial charge in [-0.15, -0.1) is 11.3 Å². The standard InChI is InChI=1S/C27H23N3O3S/c1-18(27(32)28-21-10-6-3-7-11-21)30-23-15-20(12-13-24(23)33-16-26(30)31)22-17-34-25(29-22)14-19-8-4-2-5-9-19/h2-13,15,17-18H,14,16H2,1H3,(H,28,32). The highest BCUT2D eigenvalue weighted by Crippen LogP contribution is 2.37. The van der Waals surface area contributed by atoms with Crippen molar-refractivity contribution in [3.63, 3.8) is 0 Å². The molecule has 3 aromatic carbocycles. The molecule has 6 nitrogen and oxygen atoms in total. The SMILES string of the molecule is CC(C(=O)Nc1ccccc1)N1C(=O)COc2ccc(-c3csc(Cc4ccccc4)n3)cc21. The molecule has 0 bridgehead atoms. The van der Waals surface area contributed by atoms with Gasteiger partial charge in [-0.25, -0.2) is 4.98 Å². The lowest BCUT2D eigenvalue weighted by Gasteiger charge is -2.33. The van der Waals surface area contributed by atoms with E-state index in [0.29, 0.717) is 17.1 Å². The number of rotatable bonds is 6. The van der Waals surface area contributed by atoms with Crippen LogP contribution in [0, 0.1) is 0 Å². The third-order valence-electron chi connectivity index (χ3n) is 5.69. The van der Waals surface area contributed by atoms with Crippen LogP contribution in [0.2, 0.25) is 0 Å². The summed E-state index contributed by atoms with van der Waals surface area (Å²) in [5.74, 6) is 0.0439. The Hall–Kier alpha value is -3.97. The van der Waals surface area contributed by atoms with Crippen molar-refractivity contribution in [3.05, 3.63) is 94.8 Å². The number of nitrogens with zero attached hydrogens (tertiary/aromatic N) is 2. The van der Waals surface area contributed by atoms with Crippen LogP contribution in [-0.2, 0) is 16.0 Å². The number of aromatic nitrogens is 1. The predicted molar refractivity (Wildman–Crippen MR) is 134 cm³/mol. The van der Waals surface area contributed by atoms with E-state index in [2.05, 4.69) is 17.4 Å². The summed E-state index contributed by atoms with van der Waals surface area (Å²) in [6, 6.07) is 24.4. The topological polar surface area (TPSA) is 71.5 Å². The summed E-state index contributed by atoms with van der Waals surface area (Å²) in [5.41, 5.74) is 4.16. The molecule has 5 rings (SSSR count). The minimum Gasteiger partial charge on any atom is -0.482 e. The van der Waals surface area contributed by atoms with Gasteiger partial charge < -0.3 is 10.1 Å². The minimum atomic E-state index is -0.713. The number of benzene rings is 3. The normalized spacial score (nSPS) is 13.7. The molecule has 34 heavy (non-hydrogen) atoms. The molecule has 2 heterocycles.